The first-order valence-corrected chi connectivity index (χ1v) is 7.39. The van der Waals surface area contributed by atoms with Gasteiger partial charge in [0.1, 0.15) is 5.75 Å². The highest BCUT2D eigenvalue weighted by Crippen LogP contribution is 2.43. The molecule has 0 aromatic heterocycles. The molecule has 1 aromatic carbocycles. The molecule has 0 fully saturated rings. The minimum atomic E-state index is -0.174. The lowest BCUT2D eigenvalue weighted by molar-refractivity contribution is -0.0104. The molecule has 2 unspecified atom stereocenters. The Kier molecular flexibility index (Phi) is 4.68. The van der Waals surface area contributed by atoms with Crippen LogP contribution in [-0.4, -0.2) is 35.6 Å². The van der Waals surface area contributed by atoms with Crippen LogP contribution in [0.4, 0.5) is 0 Å². The molecule has 1 aliphatic carbocycles. The van der Waals surface area contributed by atoms with Gasteiger partial charge < -0.3 is 20.7 Å². The van der Waals surface area contributed by atoms with E-state index in [0.29, 0.717) is 6.61 Å². The van der Waals surface area contributed by atoms with Crippen LogP contribution in [0.3, 0.4) is 0 Å². The molecule has 4 N–H and O–H groups in total. The molecular formula is C16H25NO3. The molecule has 1 aliphatic rings. The van der Waals surface area contributed by atoms with Crippen molar-refractivity contribution < 1.29 is 14.9 Å². The molecule has 0 radical (unpaired) electrons. The van der Waals surface area contributed by atoms with Gasteiger partial charge in [0.15, 0.2) is 0 Å². The zero-order valence-electron chi connectivity index (χ0n) is 12.3. The van der Waals surface area contributed by atoms with E-state index in [0.717, 1.165) is 24.8 Å². The summed E-state index contributed by atoms with van der Waals surface area (Å²) in [7, 11) is 0. The molecule has 0 saturated heterocycles. The standard InChI is InChI=1S/C16H25NO3/c1-3-16(4-2)13-10-12(19)6-5-11(13)9-14(15(16)17)20-8-7-18/h5-6,10,14-15,18-19H,3-4,7-9,17H2,1-2H3. The molecule has 2 rings (SSSR count). The normalized spacial score (nSPS) is 24.4. The molecule has 0 amide bonds. The molecular weight excluding hydrogens is 254 g/mol. The van der Waals surface area contributed by atoms with E-state index in [1.54, 1.807) is 6.07 Å². The SMILES string of the molecule is CCC1(CC)c2cc(O)ccc2CC(OCCO)C1N. The third-order valence-electron chi connectivity index (χ3n) is 4.77. The summed E-state index contributed by atoms with van der Waals surface area (Å²) in [5, 5.41) is 18.8. The number of ether oxygens (including phenoxy) is 1. The lowest BCUT2D eigenvalue weighted by Crippen LogP contribution is -2.57. The molecule has 1 aromatic rings. The molecule has 0 spiro atoms. The molecule has 4 heteroatoms. The van der Waals surface area contributed by atoms with E-state index in [1.165, 1.54) is 5.56 Å². The second-order valence-electron chi connectivity index (χ2n) is 5.57. The maximum Gasteiger partial charge on any atom is 0.115 e. The number of aliphatic hydroxyl groups excluding tert-OH is 1. The fourth-order valence-electron chi connectivity index (χ4n) is 3.55. The third kappa shape index (κ3) is 2.43. The lowest BCUT2D eigenvalue weighted by Gasteiger charge is -2.47. The van der Waals surface area contributed by atoms with Gasteiger partial charge in [-0.2, -0.15) is 0 Å². The summed E-state index contributed by atoms with van der Waals surface area (Å²) < 4.78 is 5.75. The molecule has 0 saturated carbocycles. The van der Waals surface area contributed by atoms with E-state index >= 15 is 0 Å². The summed E-state index contributed by atoms with van der Waals surface area (Å²) in [4.78, 5) is 0. The van der Waals surface area contributed by atoms with Crippen molar-refractivity contribution in [2.75, 3.05) is 13.2 Å². The van der Waals surface area contributed by atoms with Gasteiger partial charge in [0, 0.05) is 17.9 Å². The molecule has 2 atom stereocenters. The highest BCUT2D eigenvalue weighted by Gasteiger charge is 2.45. The summed E-state index contributed by atoms with van der Waals surface area (Å²) in [6, 6.07) is 5.41. The van der Waals surface area contributed by atoms with E-state index in [2.05, 4.69) is 13.8 Å². The van der Waals surface area contributed by atoms with E-state index in [4.69, 9.17) is 15.6 Å². The van der Waals surface area contributed by atoms with Gasteiger partial charge in [-0.05, 0) is 36.1 Å². The van der Waals surface area contributed by atoms with Crippen LogP contribution in [0, 0.1) is 0 Å². The second-order valence-corrected chi connectivity index (χ2v) is 5.57. The quantitative estimate of drug-likeness (QED) is 0.767. The van der Waals surface area contributed by atoms with Crippen molar-refractivity contribution >= 4 is 0 Å². The number of aromatic hydroxyl groups is 1. The third-order valence-corrected chi connectivity index (χ3v) is 4.77. The number of phenolic OH excluding ortho intramolecular Hbond substituents is 1. The van der Waals surface area contributed by atoms with E-state index < -0.39 is 0 Å². The van der Waals surface area contributed by atoms with Gasteiger partial charge in [-0.3, -0.25) is 0 Å². The molecule has 0 aliphatic heterocycles. The summed E-state index contributed by atoms with van der Waals surface area (Å²) in [5.41, 5.74) is 8.67. The van der Waals surface area contributed by atoms with Gasteiger partial charge >= 0.3 is 0 Å². The number of aliphatic hydroxyl groups is 1. The van der Waals surface area contributed by atoms with Crippen LogP contribution in [0.15, 0.2) is 18.2 Å². The summed E-state index contributed by atoms with van der Waals surface area (Å²) in [5.74, 6) is 0.289. The van der Waals surface area contributed by atoms with Gasteiger partial charge in [0.05, 0.1) is 19.3 Å². The first kappa shape index (κ1) is 15.3. The smallest absolute Gasteiger partial charge is 0.115 e. The van der Waals surface area contributed by atoms with Crippen molar-refractivity contribution in [2.24, 2.45) is 5.73 Å². The number of hydrogen-bond donors (Lipinski definition) is 3. The Morgan fingerprint density at radius 3 is 2.65 bits per heavy atom. The zero-order chi connectivity index (χ0) is 14.8. The van der Waals surface area contributed by atoms with Crippen molar-refractivity contribution in [3.63, 3.8) is 0 Å². The van der Waals surface area contributed by atoms with Crippen LogP contribution in [-0.2, 0) is 16.6 Å². The van der Waals surface area contributed by atoms with Crippen LogP contribution in [0.2, 0.25) is 0 Å². The van der Waals surface area contributed by atoms with Crippen molar-refractivity contribution in [3.8, 4) is 5.75 Å². The van der Waals surface area contributed by atoms with Crippen molar-refractivity contribution in [1.82, 2.24) is 0 Å². The summed E-state index contributed by atoms with van der Waals surface area (Å²) >= 11 is 0. The molecule has 4 nitrogen and oxygen atoms in total. The number of fused-ring (bicyclic) bond motifs is 1. The topological polar surface area (TPSA) is 75.7 Å². The maximum atomic E-state index is 9.80. The van der Waals surface area contributed by atoms with Crippen molar-refractivity contribution in [2.45, 2.75) is 50.7 Å². The number of hydrogen-bond acceptors (Lipinski definition) is 4. The first-order chi connectivity index (χ1) is 9.58. The largest absolute Gasteiger partial charge is 0.508 e. The Morgan fingerprint density at radius 1 is 1.35 bits per heavy atom. The monoisotopic (exact) mass is 279 g/mol. The second kappa shape index (κ2) is 6.12. The van der Waals surface area contributed by atoms with Crippen molar-refractivity contribution in [1.29, 1.82) is 0 Å². The number of benzene rings is 1. The fourth-order valence-corrected chi connectivity index (χ4v) is 3.55. The Hall–Kier alpha value is -1.10. The van der Waals surface area contributed by atoms with Crippen LogP contribution >= 0.6 is 0 Å². The predicted molar refractivity (Wildman–Crippen MR) is 78.9 cm³/mol. The van der Waals surface area contributed by atoms with Crippen LogP contribution < -0.4 is 5.73 Å². The Labute approximate surface area is 120 Å². The minimum absolute atomic E-state index is 0.0108. The Balaban J connectivity index is 2.45. The molecule has 112 valence electrons. The maximum absolute atomic E-state index is 9.80. The van der Waals surface area contributed by atoms with Gasteiger partial charge in [0.2, 0.25) is 0 Å². The average Bonchev–Trinajstić information content (AvgIpc) is 2.46. The highest BCUT2D eigenvalue weighted by atomic mass is 16.5. The average molecular weight is 279 g/mol. The Bertz CT molecular complexity index is 457. The highest BCUT2D eigenvalue weighted by molar-refractivity contribution is 5.44. The van der Waals surface area contributed by atoms with Gasteiger partial charge in [-0.25, -0.2) is 0 Å². The van der Waals surface area contributed by atoms with E-state index in [-0.39, 0.29) is 29.9 Å². The fraction of sp³-hybridized carbons (Fsp3) is 0.625. The van der Waals surface area contributed by atoms with Gasteiger partial charge in [-0.1, -0.05) is 19.9 Å². The lowest BCUT2D eigenvalue weighted by atomic mass is 9.63. The summed E-state index contributed by atoms with van der Waals surface area (Å²) in [6.07, 6.45) is 2.46. The molecule has 20 heavy (non-hydrogen) atoms. The van der Waals surface area contributed by atoms with Crippen LogP contribution in [0.5, 0.6) is 5.75 Å². The molecule has 0 bridgehead atoms. The molecule has 0 heterocycles. The minimum Gasteiger partial charge on any atom is -0.508 e. The summed E-state index contributed by atoms with van der Waals surface area (Å²) in [6.45, 7) is 4.59. The predicted octanol–water partition coefficient (Wildman–Crippen LogP) is 1.71. The van der Waals surface area contributed by atoms with E-state index in [9.17, 15) is 5.11 Å². The first-order valence-electron chi connectivity index (χ1n) is 7.39. The van der Waals surface area contributed by atoms with Crippen molar-refractivity contribution in [3.05, 3.63) is 29.3 Å². The number of rotatable bonds is 5. The van der Waals surface area contributed by atoms with Gasteiger partial charge in [-0.15, -0.1) is 0 Å². The van der Waals surface area contributed by atoms with Gasteiger partial charge in [0.25, 0.3) is 0 Å². The number of nitrogens with two attached hydrogens (primary N) is 1. The van der Waals surface area contributed by atoms with E-state index in [1.807, 2.05) is 12.1 Å². The zero-order valence-corrected chi connectivity index (χ0v) is 12.3. The van der Waals surface area contributed by atoms with Crippen LogP contribution in [0.25, 0.3) is 0 Å². The Morgan fingerprint density at radius 2 is 2.05 bits per heavy atom. The van der Waals surface area contributed by atoms with Crippen LogP contribution in [0.1, 0.15) is 37.8 Å². The number of phenols is 1.